The lowest BCUT2D eigenvalue weighted by molar-refractivity contribution is 0.243. The van der Waals surface area contributed by atoms with Gasteiger partial charge in [-0.15, -0.1) is 11.3 Å². The first-order chi connectivity index (χ1) is 11.6. The number of rotatable bonds is 5. The normalized spacial score (nSPS) is 14.6. The number of aromatic nitrogens is 2. The Labute approximate surface area is 145 Å². The van der Waals surface area contributed by atoms with Crippen LogP contribution in [0.2, 0.25) is 0 Å². The molecule has 1 aromatic carbocycles. The average molecular weight is 339 g/mol. The Morgan fingerprint density at radius 2 is 2.08 bits per heavy atom. The summed E-state index contributed by atoms with van der Waals surface area (Å²) in [5, 5.41) is 1.99. The van der Waals surface area contributed by atoms with Gasteiger partial charge in [-0.25, -0.2) is 4.98 Å². The summed E-state index contributed by atoms with van der Waals surface area (Å²) in [7, 11) is 0. The molecule has 4 rings (SSSR count). The van der Waals surface area contributed by atoms with Gasteiger partial charge in [0.2, 0.25) is 0 Å². The Hall–Kier alpha value is -1.98. The smallest absolute Gasteiger partial charge is 0.259 e. The van der Waals surface area contributed by atoms with Gasteiger partial charge in [0.25, 0.3) is 5.56 Å². The lowest BCUT2D eigenvalue weighted by Crippen LogP contribution is -2.27. The van der Waals surface area contributed by atoms with Crippen molar-refractivity contribution in [3.8, 4) is 0 Å². The molecule has 1 fully saturated rings. The van der Waals surface area contributed by atoms with Crippen molar-refractivity contribution in [2.75, 3.05) is 0 Å². The number of hydrogen-bond donors (Lipinski definition) is 0. The van der Waals surface area contributed by atoms with Crippen LogP contribution in [0.3, 0.4) is 0 Å². The van der Waals surface area contributed by atoms with Crippen molar-refractivity contribution in [3.05, 3.63) is 68.6 Å². The van der Waals surface area contributed by atoms with Crippen LogP contribution in [-0.4, -0.2) is 20.3 Å². The molecule has 2 heterocycles. The molecule has 0 saturated heterocycles. The standard InChI is InChI=1S/C19H21N3OS/c1-13-4-3-5-15(8-13)10-21(17-6-7-17)11-16-9-18(23)22-14(2)12-24-19(22)20-16/h3-5,8-9,12,17H,6-7,10-11H2,1-2H3. The van der Waals surface area contributed by atoms with Gasteiger partial charge >= 0.3 is 0 Å². The number of hydrogen-bond acceptors (Lipinski definition) is 4. The maximum atomic E-state index is 12.4. The first kappa shape index (κ1) is 15.5. The van der Waals surface area contributed by atoms with E-state index in [0.29, 0.717) is 6.04 Å². The topological polar surface area (TPSA) is 37.6 Å². The van der Waals surface area contributed by atoms with Gasteiger partial charge in [-0.05, 0) is 32.3 Å². The predicted molar refractivity (Wildman–Crippen MR) is 97.5 cm³/mol. The maximum Gasteiger partial charge on any atom is 0.259 e. The number of nitrogens with zero attached hydrogens (tertiary/aromatic N) is 3. The summed E-state index contributed by atoms with van der Waals surface area (Å²) in [6, 6.07) is 11.0. The number of aryl methyl sites for hydroxylation is 2. The van der Waals surface area contributed by atoms with E-state index in [2.05, 4.69) is 36.1 Å². The van der Waals surface area contributed by atoms with Crippen LogP contribution in [0.15, 0.2) is 40.5 Å². The zero-order chi connectivity index (χ0) is 16.7. The van der Waals surface area contributed by atoms with Gasteiger partial charge in [0.15, 0.2) is 4.96 Å². The van der Waals surface area contributed by atoms with Gasteiger partial charge in [0, 0.05) is 36.3 Å². The first-order valence-corrected chi connectivity index (χ1v) is 9.24. The van der Waals surface area contributed by atoms with Crippen LogP contribution in [0.4, 0.5) is 0 Å². The summed E-state index contributed by atoms with van der Waals surface area (Å²) in [4.78, 5) is 20.3. The summed E-state index contributed by atoms with van der Waals surface area (Å²) >= 11 is 1.53. The molecule has 1 saturated carbocycles. The maximum absolute atomic E-state index is 12.4. The van der Waals surface area contributed by atoms with E-state index in [4.69, 9.17) is 4.98 Å². The molecule has 24 heavy (non-hydrogen) atoms. The summed E-state index contributed by atoms with van der Waals surface area (Å²) in [5.41, 5.74) is 4.47. The second-order valence-corrected chi connectivity index (χ2v) is 7.54. The Morgan fingerprint density at radius 3 is 2.83 bits per heavy atom. The fraction of sp³-hybridized carbons (Fsp3) is 0.368. The van der Waals surface area contributed by atoms with Crippen molar-refractivity contribution in [3.63, 3.8) is 0 Å². The van der Waals surface area contributed by atoms with E-state index >= 15 is 0 Å². The van der Waals surface area contributed by atoms with Crippen molar-refractivity contribution in [1.82, 2.24) is 14.3 Å². The summed E-state index contributed by atoms with van der Waals surface area (Å²) in [6.45, 7) is 5.72. The molecule has 0 amide bonds. The summed E-state index contributed by atoms with van der Waals surface area (Å²) in [5.74, 6) is 0. The molecule has 1 aliphatic rings. The molecule has 0 spiro atoms. The highest BCUT2D eigenvalue weighted by Crippen LogP contribution is 2.29. The molecule has 1 aliphatic carbocycles. The quantitative estimate of drug-likeness (QED) is 0.713. The average Bonchev–Trinajstić information content (AvgIpc) is 3.31. The van der Waals surface area contributed by atoms with Crippen LogP contribution in [0.1, 0.15) is 35.4 Å². The Morgan fingerprint density at radius 1 is 1.25 bits per heavy atom. The second-order valence-electron chi connectivity index (χ2n) is 6.71. The van der Waals surface area contributed by atoms with E-state index in [1.807, 2.05) is 12.3 Å². The van der Waals surface area contributed by atoms with Crippen LogP contribution < -0.4 is 5.56 Å². The van der Waals surface area contributed by atoms with Gasteiger partial charge in [0.1, 0.15) is 0 Å². The number of fused-ring (bicyclic) bond motifs is 1. The van der Waals surface area contributed by atoms with Crippen molar-refractivity contribution >= 4 is 16.3 Å². The zero-order valence-electron chi connectivity index (χ0n) is 14.0. The third-order valence-electron chi connectivity index (χ3n) is 4.53. The van der Waals surface area contributed by atoms with Crippen molar-refractivity contribution in [2.45, 2.75) is 45.8 Å². The molecule has 3 aromatic rings. The minimum absolute atomic E-state index is 0.0278. The minimum atomic E-state index is 0.0278. The van der Waals surface area contributed by atoms with E-state index in [1.54, 1.807) is 10.5 Å². The fourth-order valence-corrected chi connectivity index (χ4v) is 4.08. The molecule has 5 heteroatoms. The van der Waals surface area contributed by atoms with Crippen molar-refractivity contribution in [2.24, 2.45) is 0 Å². The minimum Gasteiger partial charge on any atom is -0.290 e. The molecular formula is C19H21N3OS. The van der Waals surface area contributed by atoms with Crippen molar-refractivity contribution < 1.29 is 0 Å². The van der Waals surface area contributed by atoms with Gasteiger partial charge in [-0.1, -0.05) is 29.8 Å². The highest BCUT2D eigenvalue weighted by molar-refractivity contribution is 7.15. The van der Waals surface area contributed by atoms with Gasteiger partial charge in [0.05, 0.1) is 5.69 Å². The third kappa shape index (κ3) is 3.14. The molecule has 0 unspecified atom stereocenters. The highest BCUT2D eigenvalue weighted by Gasteiger charge is 2.29. The third-order valence-corrected chi connectivity index (χ3v) is 5.47. The molecular weight excluding hydrogens is 318 g/mol. The van der Waals surface area contributed by atoms with Crippen LogP contribution >= 0.6 is 11.3 Å². The molecule has 124 valence electrons. The van der Waals surface area contributed by atoms with Gasteiger partial charge < -0.3 is 0 Å². The zero-order valence-corrected chi connectivity index (χ0v) is 14.8. The van der Waals surface area contributed by atoms with E-state index in [0.717, 1.165) is 29.4 Å². The Bertz CT molecular complexity index is 939. The highest BCUT2D eigenvalue weighted by atomic mass is 32.1. The lowest BCUT2D eigenvalue weighted by Gasteiger charge is -2.22. The van der Waals surface area contributed by atoms with E-state index in [9.17, 15) is 4.79 Å². The van der Waals surface area contributed by atoms with Crippen LogP contribution in [0.25, 0.3) is 4.96 Å². The summed E-state index contributed by atoms with van der Waals surface area (Å²) < 4.78 is 1.69. The SMILES string of the molecule is Cc1cccc(CN(Cc2cc(=O)n3c(C)csc3n2)C2CC2)c1. The monoisotopic (exact) mass is 339 g/mol. The van der Waals surface area contributed by atoms with Gasteiger partial charge in [-0.2, -0.15) is 0 Å². The molecule has 4 nitrogen and oxygen atoms in total. The Kier molecular flexibility index (Phi) is 3.98. The molecule has 0 aliphatic heterocycles. The predicted octanol–water partition coefficient (Wildman–Crippen LogP) is 3.54. The van der Waals surface area contributed by atoms with Crippen LogP contribution in [0, 0.1) is 13.8 Å². The van der Waals surface area contributed by atoms with E-state index in [1.165, 1.54) is 35.3 Å². The molecule has 0 atom stereocenters. The largest absolute Gasteiger partial charge is 0.290 e. The molecule has 2 aromatic heterocycles. The fourth-order valence-electron chi connectivity index (χ4n) is 3.19. The molecule has 0 bridgehead atoms. The molecule has 0 N–H and O–H groups in total. The summed E-state index contributed by atoms with van der Waals surface area (Å²) in [6.07, 6.45) is 2.48. The van der Waals surface area contributed by atoms with Crippen LogP contribution in [-0.2, 0) is 13.1 Å². The number of thiazole rings is 1. The first-order valence-electron chi connectivity index (χ1n) is 8.36. The van der Waals surface area contributed by atoms with Crippen LogP contribution in [0.5, 0.6) is 0 Å². The van der Waals surface area contributed by atoms with E-state index < -0.39 is 0 Å². The van der Waals surface area contributed by atoms with Crippen molar-refractivity contribution in [1.29, 1.82) is 0 Å². The number of benzene rings is 1. The molecule has 0 radical (unpaired) electrons. The Balaban J connectivity index is 1.60. The van der Waals surface area contributed by atoms with E-state index in [-0.39, 0.29) is 5.56 Å². The van der Waals surface area contributed by atoms with Gasteiger partial charge in [-0.3, -0.25) is 14.1 Å². The second kappa shape index (κ2) is 6.15. The lowest BCUT2D eigenvalue weighted by atomic mass is 10.1.